The molecule has 112 valence electrons. The van der Waals surface area contributed by atoms with Gasteiger partial charge in [0.05, 0.1) is 12.9 Å². The molecule has 0 fully saturated rings. The fraction of sp³-hybridized carbons (Fsp3) is 0.353. The lowest BCUT2D eigenvalue weighted by Gasteiger charge is -2.38. The predicted octanol–water partition coefficient (Wildman–Crippen LogP) is 4.03. The predicted molar refractivity (Wildman–Crippen MR) is 87.1 cm³/mol. The molecule has 0 saturated heterocycles. The first kappa shape index (κ1) is 15.8. The summed E-state index contributed by atoms with van der Waals surface area (Å²) in [5, 5.41) is 11.8. The van der Waals surface area contributed by atoms with E-state index in [9.17, 15) is 5.11 Å². The van der Waals surface area contributed by atoms with Crippen molar-refractivity contribution < 1.29 is 5.11 Å². The van der Waals surface area contributed by atoms with Gasteiger partial charge in [-0.1, -0.05) is 56.7 Å². The third-order valence-corrected chi connectivity index (χ3v) is 3.96. The first-order valence-corrected chi connectivity index (χ1v) is 7.31. The molecular formula is C17H21ClN2O. The average molecular weight is 305 g/mol. The smallest absolute Gasteiger partial charge is 0.106 e. The van der Waals surface area contributed by atoms with E-state index < -0.39 is 5.60 Å². The summed E-state index contributed by atoms with van der Waals surface area (Å²) in [7, 11) is 0. The summed E-state index contributed by atoms with van der Waals surface area (Å²) >= 11 is 5.89. The fourth-order valence-corrected chi connectivity index (χ4v) is 2.13. The molecule has 0 bridgehead atoms. The third kappa shape index (κ3) is 3.96. The maximum atomic E-state index is 11.1. The zero-order valence-corrected chi connectivity index (χ0v) is 13.4. The van der Waals surface area contributed by atoms with Crippen molar-refractivity contribution in [2.75, 3.05) is 0 Å². The summed E-state index contributed by atoms with van der Waals surface area (Å²) in [5.41, 5.74) is -0.277. The Morgan fingerprint density at radius 1 is 1.24 bits per heavy atom. The van der Waals surface area contributed by atoms with Gasteiger partial charge in [0, 0.05) is 17.4 Å². The Morgan fingerprint density at radius 3 is 2.43 bits per heavy atom. The maximum Gasteiger partial charge on any atom is 0.106 e. The van der Waals surface area contributed by atoms with Crippen molar-refractivity contribution in [3.63, 3.8) is 0 Å². The molecule has 0 spiro atoms. The Hall–Kier alpha value is -1.58. The minimum absolute atomic E-state index is 0.305. The molecule has 2 aromatic rings. The molecule has 3 nitrogen and oxygen atoms in total. The highest BCUT2D eigenvalue weighted by atomic mass is 35.5. The standard InChI is InChI=1S/C17H21ClN2O/c1-16(2,3)17(21,12-20-11-10-19-13-20)9-8-14-4-6-15(18)7-5-14/h4-11,13,21H,12H2,1-3H3. The Labute approximate surface area is 130 Å². The first-order chi connectivity index (χ1) is 9.80. The van der Waals surface area contributed by atoms with Crippen molar-refractivity contribution in [1.29, 1.82) is 0 Å². The van der Waals surface area contributed by atoms with Crippen molar-refractivity contribution in [1.82, 2.24) is 9.55 Å². The van der Waals surface area contributed by atoms with E-state index in [1.807, 2.05) is 68.0 Å². The zero-order chi connectivity index (χ0) is 15.5. The molecule has 0 aliphatic heterocycles. The topological polar surface area (TPSA) is 38.0 Å². The van der Waals surface area contributed by atoms with Crippen LogP contribution in [0, 0.1) is 5.41 Å². The molecule has 0 amide bonds. The Balaban J connectivity index is 2.26. The van der Waals surface area contributed by atoms with Gasteiger partial charge < -0.3 is 9.67 Å². The normalized spacial score (nSPS) is 15.3. The summed E-state index contributed by atoms with van der Waals surface area (Å²) in [6.45, 7) is 6.53. The van der Waals surface area contributed by atoms with Gasteiger partial charge in [-0.2, -0.15) is 0 Å². The maximum absolute atomic E-state index is 11.1. The molecule has 0 saturated carbocycles. The van der Waals surface area contributed by atoms with Crippen LogP contribution >= 0.6 is 11.6 Å². The molecular weight excluding hydrogens is 284 g/mol. The van der Waals surface area contributed by atoms with Gasteiger partial charge in [0.25, 0.3) is 0 Å². The zero-order valence-electron chi connectivity index (χ0n) is 12.6. The van der Waals surface area contributed by atoms with Gasteiger partial charge in [-0.25, -0.2) is 4.98 Å². The van der Waals surface area contributed by atoms with Crippen LogP contribution in [-0.2, 0) is 6.54 Å². The van der Waals surface area contributed by atoms with Crippen molar-refractivity contribution in [3.05, 3.63) is 59.6 Å². The summed E-state index contributed by atoms with van der Waals surface area (Å²) in [6.07, 6.45) is 9.07. The second-order valence-electron chi connectivity index (χ2n) is 6.29. The monoisotopic (exact) mass is 304 g/mol. The minimum atomic E-state index is -0.979. The molecule has 1 heterocycles. The highest BCUT2D eigenvalue weighted by Gasteiger charge is 2.37. The molecule has 1 atom stereocenters. The molecule has 1 N–H and O–H groups in total. The van der Waals surface area contributed by atoms with Gasteiger partial charge in [0.15, 0.2) is 0 Å². The van der Waals surface area contributed by atoms with Crippen molar-refractivity contribution >= 4 is 17.7 Å². The van der Waals surface area contributed by atoms with Crippen LogP contribution in [0.5, 0.6) is 0 Å². The summed E-state index contributed by atoms with van der Waals surface area (Å²) < 4.78 is 1.89. The Bertz CT molecular complexity index is 597. The number of halogens is 1. The van der Waals surface area contributed by atoms with Gasteiger partial charge in [0.1, 0.15) is 5.60 Å². The summed E-state index contributed by atoms with van der Waals surface area (Å²) in [4.78, 5) is 4.03. The second kappa shape index (κ2) is 6.04. The van der Waals surface area contributed by atoms with Gasteiger partial charge in [-0.15, -0.1) is 0 Å². The van der Waals surface area contributed by atoms with E-state index in [1.165, 1.54) is 0 Å². The number of benzene rings is 1. The summed E-state index contributed by atoms with van der Waals surface area (Å²) in [6, 6.07) is 7.54. The van der Waals surface area contributed by atoms with Gasteiger partial charge >= 0.3 is 0 Å². The number of aliphatic hydroxyl groups is 1. The molecule has 1 aromatic carbocycles. The number of rotatable bonds is 4. The van der Waals surface area contributed by atoms with Gasteiger partial charge in [-0.05, 0) is 23.1 Å². The van der Waals surface area contributed by atoms with E-state index in [4.69, 9.17) is 11.6 Å². The van der Waals surface area contributed by atoms with Crippen molar-refractivity contribution in [2.24, 2.45) is 5.41 Å². The third-order valence-electron chi connectivity index (χ3n) is 3.70. The number of nitrogens with zero attached hydrogens (tertiary/aromatic N) is 2. The molecule has 4 heteroatoms. The largest absolute Gasteiger partial charge is 0.383 e. The average Bonchev–Trinajstić information content (AvgIpc) is 2.89. The van der Waals surface area contributed by atoms with Crippen molar-refractivity contribution in [2.45, 2.75) is 32.9 Å². The van der Waals surface area contributed by atoms with Crippen LogP contribution < -0.4 is 0 Å². The van der Waals surface area contributed by atoms with E-state index in [-0.39, 0.29) is 5.41 Å². The molecule has 2 rings (SSSR count). The highest BCUT2D eigenvalue weighted by molar-refractivity contribution is 6.30. The lowest BCUT2D eigenvalue weighted by Crippen LogP contribution is -2.44. The van der Waals surface area contributed by atoms with Gasteiger partial charge in [0.2, 0.25) is 0 Å². The quantitative estimate of drug-likeness (QED) is 0.926. The molecule has 0 aliphatic carbocycles. The first-order valence-electron chi connectivity index (χ1n) is 6.93. The van der Waals surface area contributed by atoms with E-state index in [0.717, 1.165) is 5.56 Å². The number of hydrogen-bond donors (Lipinski definition) is 1. The van der Waals surface area contributed by atoms with Crippen LogP contribution in [-0.4, -0.2) is 20.3 Å². The molecule has 0 radical (unpaired) electrons. The van der Waals surface area contributed by atoms with Gasteiger partial charge in [-0.3, -0.25) is 0 Å². The van der Waals surface area contributed by atoms with Crippen LogP contribution in [0.25, 0.3) is 6.08 Å². The van der Waals surface area contributed by atoms with Crippen LogP contribution in [0.4, 0.5) is 0 Å². The van der Waals surface area contributed by atoms with Crippen molar-refractivity contribution in [3.8, 4) is 0 Å². The van der Waals surface area contributed by atoms with E-state index in [0.29, 0.717) is 11.6 Å². The summed E-state index contributed by atoms with van der Waals surface area (Å²) in [5.74, 6) is 0. The SMILES string of the molecule is CC(C)(C)C(O)(C=Cc1ccc(Cl)cc1)Cn1ccnc1. The lowest BCUT2D eigenvalue weighted by molar-refractivity contribution is -0.0271. The van der Waals surface area contributed by atoms with Crippen LogP contribution in [0.2, 0.25) is 5.02 Å². The van der Waals surface area contributed by atoms with Crippen LogP contribution in [0.15, 0.2) is 49.1 Å². The van der Waals surface area contributed by atoms with Crippen LogP contribution in [0.3, 0.4) is 0 Å². The Kier molecular flexibility index (Phi) is 4.55. The second-order valence-corrected chi connectivity index (χ2v) is 6.73. The lowest BCUT2D eigenvalue weighted by atomic mass is 9.76. The minimum Gasteiger partial charge on any atom is -0.383 e. The van der Waals surface area contributed by atoms with E-state index in [2.05, 4.69) is 4.98 Å². The molecule has 1 unspecified atom stereocenters. The van der Waals surface area contributed by atoms with Crippen LogP contribution in [0.1, 0.15) is 26.3 Å². The number of aromatic nitrogens is 2. The highest BCUT2D eigenvalue weighted by Crippen LogP contribution is 2.33. The molecule has 0 aliphatic rings. The van der Waals surface area contributed by atoms with E-state index in [1.54, 1.807) is 12.5 Å². The molecule has 21 heavy (non-hydrogen) atoms. The Morgan fingerprint density at radius 2 is 1.90 bits per heavy atom. The number of hydrogen-bond acceptors (Lipinski definition) is 2. The number of imidazole rings is 1. The fourth-order valence-electron chi connectivity index (χ4n) is 2.01. The van der Waals surface area contributed by atoms with E-state index >= 15 is 0 Å². The molecule has 1 aromatic heterocycles.